The van der Waals surface area contributed by atoms with Gasteiger partial charge in [-0.15, -0.1) is 0 Å². The van der Waals surface area contributed by atoms with Gasteiger partial charge in [0.15, 0.2) is 0 Å². The average Bonchev–Trinajstić information content (AvgIpc) is 3.02. The highest BCUT2D eigenvalue weighted by Crippen LogP contribution is 2.40. The van der Waals surface area contributed by atoms with Gasteiger partial charge in [-0.05, 0) is 90.8 Å². The first-order chi connectivity index (χ1) is 20.2. The fourth-order valence-electron chi connectivity index (χ4n) is 6.40. The summed E-state index contributed by atoms with van der Waals surface area (Å²) in [5.41, 5.74) is 4.91. The summed E-state index contributed by atoms with van der Waals surface area (Å²) in [6.07, 6.45) is 0. The lowest BCUT2D eigenvalue weighted by Crippen LogP contribution is -1.88. The lowest BCUT2D eigenvalue weighted by atomic mass is 9.89. The van der Waals surface area contributed by atoms with Gasteiger partial charge in [0.05, 0.1) is 17.1 Å². The fraction of sp³-hybridized carbons (Fsp3) is 0.0256. The fourth-order valence-corrected chi connectivity index (χ4v) is 6.40. The number of benzene rings is 7. The molecule has 8 rings (SSSR count). The summed E-state index contributed by atoms with van der Waals surface area (Å²) in [7, 11) is 0. The van der Waals surface area contributed by atoms with Crippen LogP contribution >= 0.6 is 0 Å². The number of nitrogens with zero attached hydrogens (tertiary/aromatic N) is 2. The van der Waals surface area contributed by atoms with E-state index in [1.54, 1.807) is 0 Å². The third-order valence-electron chi connectivity index (χ3n) is 8.39. The Labute approximate surface area is 237 Å². The Morgan fingerprint density at radius 2 is 1.17 bits per heavy atom. The van der Waals surface area contributed by atoms with E-state index in [1.165, 1.54) is 37.9 Å². The normalized spacial score (nSPS) is 11.5. The summed E-state index contributed by atoms with van der Waals surface area (Å²) in [6, 6.07) is 47.4. The van der Waals surface area contributed by atoms with Gasteiger partial charge in [0.1, 0.15) is 0 Å². The van der Waals surface area contributed by atoms with Crippen LogP contribution in [-0.2, 0) is 0 Å². The highest BCUT2D eigenvalue weighted by molar-refractivity contribution is 6.25. The van der Waals surface area contributed by atoms with Gasteiger partial charge in [-0.1, -0.05) is 103 Å². The van der Waals surface area contributed by atoms with Crippen molar-refractivity contribution in [1.29, 1.82) is 5.26 Å². The molecular weight excluding hydrogens is 496 g/mol. The van der Waals surface area contributed by atoms with Crippen molar-refractivity contribution in [2.75, 3.05) is 0 Å². The van der Waals surface area contributed by atoms with E-state index in [0.29, 0.717) is 5.56 Å². The molecule has 2 nitrogen and oxygen atoms in total. The van der Waals surface area contributed by atoms with Crippen molar-refractivity contribution in [2.45, 2.75) is 6.92 Å². The Morgan fingerprint density at radius 1 is 0.512 bits per heavy atom. The van der Waals surface area contributed by atoms with Crippen LogP contribution in [0.5, 0.6) is 0 Å². The van der Waals surface area contributed by atoms with E-state index in [9.17, 15) is 5.26 Å². The highest BCUT2D eigenvalue weighted by atomic mass is 14.7. The van der Waals surface area contributed by atoms with Gasteiger partial charge in [0.25, 0.3) is 0 Å². The average molecular weight is 521 g/mol. The number of aryl methyl sites for hydroxylation is 1. The topological polar surface area (TPSA) is 36.7 Å². The molecular formula is C39H24N2. The zero-order valence-corrected chi connectivity index (χ0v) is 22.5. The molecule has 0 fully saturated rings. The van der Waals surface area contributed by atoms with Crippen LogP contribution in [0.4, 0.5) is 0 Å². The molecule has 1 heterocycles. The van der Waals surface area contributed by atoms with E-state index in [2.05, 4.69) is 116 Å². The van der Waals surface area contributed by atoms with E-state index < -0.39 is 0 Å². The first-order valence-electron chi connectivity index (χ1n) is 13.9. The maximum atomic E-state index is 9.68. The molecule has 1 aromatic heterocycles. The molecule has 0 unspecified atom stereocenters. The lowest BCUT2D eigenvalue weighted by Gasteiger charge is -2.15. The monoisotopic (exact) mass is 520 g/mol. The van der Waals surface area contributed by atoms with E-state index >= 15 is 0 Å². The van der Waals surface area contributed by atoms with Gasteiger partial charge >= 0.3 is 0 Å². The summed E-state index contributed by atoms with van der Waals surface area (Å²) < 4.78 is 0. The Balaban J connectivity index is 1.50. The molecule has 0 saturated carbocycles. The quantitative estimate of drug-likeness (QED) is 0.202. The standard InChI is InChI=1S/C39H24N2/c1-24-32-18-16-31(33-19-14-29-12-11-27-6-4-7-28-15-20-35(33)39(29)38(27)28)22-36(32)34-17-9-25(23-40)21-30(34)13-10-26-5-2-3-8-37(26)41-24/h2-22H,1H3. The van der Waals surface area contributed by atoms with Crippen LogP contribution in [0.15, 0.2) is 127 Å². The lowest BCUT2D eigenvalue weighted by molar-refractivity contribution is 1.30. The van der Waals surface area contributed by atoms with Gasteiger partial charge in [0, 0.05) is 16.5 Å². The minimum Gasteiger partial charge on any atom is -0.252 e. The van der Waals surface area contributed by atoms with Crippen molar-refractivity contribution < 1.29 is 0 Å². The summed E-state index contributed by atoms with van der Waals surface area (Å²) >= 11 is 0. The minimum atomic E-state index is 0.647. The summed E-state index contributed by atoms with van der Waals surface area (Å²) in [5, 5.41) is 22.7. The molecule has 0 spiro atoms. The molecule has 8 aromatic rings. The zero-order valence-electron chi connectivity index (χ0n) is 22.5. The molecule has 0 aliphatic carbocycles. The van der Waals surface area contributed by atoms with Crippen LogP contribution < -0.4 is 0 Å². The van der Waals surface area contributed by atoms with Crippen molar-refractivity contribution in [3.8, 4) is 17.2 Å². The molecule has 190 valence electrons. The molecule has 7 aromatic carbocycles. The number of nitriles is 1. The summed E-state index contributed by atoms with van der Waals surface area (Å²) in [4.78, 5) is 5.07. The van der Waals surface area contributed by atoms with Crippen LogP contribution in [-0.4, -0.2) is 4.98 Å². The maximum Gasteiger partial charge on any atom is 0.0991 e. The van der Waals surface area contributed by atoms with Crippen LogP contribution in [0.1, 0.15) is 11.3 Å². The predicted octanol–water partition coefficient (Wildman–Crippen LogP) is 10.4. The van der Waals surface area contributed by atoms with Crippen molar-refractivity contribution in [3.05, 3.63) is 139 Å². The van der Waals surface area contributed by atoms with Gasteiger partial charge in [-0.2, -0.15) is 5.26 Å². The Kier molecular flexibility index (Phi) is 5.14. The Morgan fingerprint density at radius 3 is 2.02 bits per heavy atom. The van der Waals surface area contributed by atoms with Gasteiger partial charge in [-0.25, -0.2) is 0 Å². The number of hydrogen-bond donors (Lipinski definition) is 0. The third-order valence-corrected chi connectivity index (χ3v) is 8.39. The van der Waals surface area contributed by atoms with Crippen LogP contribution in [0.2, 0.25) is 0 Å². The second-order valence-corrected chi connectivity index (χ2v) is 10.7. The second kappa shape index (κ2) is 9.01. The largest absolute Gasteiger partial charge is 0.252 e. The van der Waals surface area contributed by atoms with E-state index in [-0.39, 0.29) is 0 Å². The first-order valence-corrected chi connectivity index (χ1v) is 13.9. The van der Waals surface area contributed by atoms with Crippen LogP contribution in [0.25, 0.3) is 75.9 Å². The smallest absolute Gasteiger partial charge is 0.0991 e. The number of rotatable bonds is 1. The summed E-state index contributed by atoms with van der Waals surface area (Å²) in [6.45, 7) is 2.08. The van der Waals surface area contributed by atoms with Crippen molar-refractivity contribution in [2.24, 2.45) is 0 Å². The second-order valence-electron chi connectivity index (χ2n) is 10.7. The van der Waals surface area contributed by atoms with Crippen LogP contribution in [0.3, 0.4) is 0 Å². The first kappa shape index (κ1) is 23.4. The number of para-hydroxylation sites is 1. The SMILES string of the molecule is Cc1nc2ccccc2ccc2cc(C#N)ccc2c2cc(-c3ccc4ccc5cccc6ccc3c4c56)ccc12. The van der Waals surface area contributed by atoms with Crippen molar-refractivity contribution in [1.82, 2.24) is 4.98 Å². The predicted molar refractivity (Wildman–Crippen MR) is 173 cm³/mol. The molecule has 41 heavy (non-hydrogen) atoms. The number of aromatic nitrogens is 1. The van der Waals surface area contributed by atoms with E-state index in [0.717, 1.165) is 43.7 Å². The van der Waals surface area contributed by atoms with Gasteiger partial charge in [-0.3, -0.25) is 4.98 Å². The van der Waals surface area contributed by atoms with E-state index in [1.807, 2.05) is 24.3 Å². The zero-order chi connectivity index (χ0) is 27.5. The Bertz CT molecular complexity index is 2430. The molecule has 2 heteroatoms. The Hall–Kier alpha value is -5.52. The number of fused-ring (bicyclic) bond motifs is 4. The van der Waals surface area contributed by atoms with Crippen molar-refractivity contribution >= 4 is 64.8 Å². The maximum absolute atomic E-state index is 9.68. The van der Waals surface area contributed by atoms with Gasteiger partial charge in [0.2, 0.25) is 0 Å². The minimum absolute atomic E-state index is 0.647. The third kappa shape index (κ3) is 3.68. The van der Waals surface area contributed by atoms with E-state index in [4.69, 9.17) is 4.98 Å². The molecule has 0 N–H and O–H groups in total. The van der Waals surface area contributed by atoms with Gasteiger partial charge < -0.3 is 0 Å². The number of hydrogen-bond acceptors (Lipinski definition) is 2. The molecule has 0 bridgehead atoms. The molecule has 0 amide bonds. The van der Waals surface area contributed by atoms with Crippen molar-refractivity contribution in [3.63, 3.8) is 0 Å². The molecule has 0 aliphatic rings. The summed E-state index contributed by atoms with van der Waals surface area (Å²) in [5.74, 6) is 0. The molecule has 0 aliphatic heterocycles. The molecule has 0 atom stereocenters. The highest BCUT2D eigenvalue weighted by Gasteiger charge is 2.13. The molecule has 0 radical (unpaired) electrons. The molecule has 0 saturated heterocycles. The van der Waals surface area contributed by atoms with Crippen LogP contribution in [0, 0.1) is 18.3 Å².